The Hall–Kier alpha value is -4.73. The average molecular weight is 726 g/mol. The lowest BCUT2D eigenvalue weighted by molar-refractivity contribution is -0.116. The first-order valence-corrected chi connectivity index (χ1v) is 15.9. The van der Waals surface area contributed by atoms with Crippen molar-refractivity contribution in [3.8, 4) is 11.3 Å². The van der Waals surface area contributed by atoms with Crippen LogP contribution in [0.5, 0.6) is 0 Å². The van der Waals surface area contributed by atoms with E-state index in [1.165, 1.54) is 57.4 Å². The van der Waals surface area contributed by atoms with Gasteiger partial charge in [-0.05, 0) is 78.3 Å². The first-order valence-electron chi connectivity index (χ1n) is 15.5. The number of benzene rings is 1. The van der Waals surface area contributed by atoms with E-state index in [-0.39, 0.29) is 47.9 Å². The van der Waals surface area contributed by atoms with Crippen LogP contribution in [0.3, 0.4) is 0 Å². The number of anilines is 3. The zero-order valence-corrected chi connectivity index (χ0v) is 29.2. The number of amides is 3. The second-order valence-corrected chi connectivity index (χ2v) is 13.4. The molecule has 0 aliphatic carbocycles. The van der Waals surface area contributed by atoms with Crippen LogP contribution >= 0.6 is 11.6 Å². The molecule has 1 aromatic carbocycles. The van der Waals surface area contributed by atoms with Gasteiger partial charge in [-0.3, -0.25) is 9.69 Å². The molecule has 0 aliphatic heterocycles. The number of pyridine rings is 1. The molecule has 3 rings (SSSR count). The van der Waals surface area contributed by atoms with Gasteiger partial charge in [0.15, 0.2) is 0 Å². The fourth-order valence-corrected chi connectivity index (χ4v) is 4.44. The summed E-state index contributed by atoms with van der Waals surface area (Å²) in [6, 6.07) is 8.80. The summed E-state index contributed by atoms with van der Waals surface area (Å²) >= 11 is 6.01. The minimum atomic E-state index is -3.48. The predicted octanol–water partition coefficient (Wildman–Crippen LogP) is 7.83. The Morgan fingerprint density at radius 2 is 1.58 bits per heavy atom. The number of hydrogen-bond donors (Lipinski definition) is 2. The van der Waals surface area contributed by atoms with Crippen LogP contribution in [0, 0.1) is 5.82 Å². The van der Waals surface area contributed by atoms with Crippen LogP contribution in [0.1, 0.15) is 54.4 Å². The van der Waals surface area contributed by atoms with Crippen molar-refractivity contribution in [2.45, 2.75) is 78.3 Å². The SMILES string of the molecule is CC(C)(C)OC(=O)N(CCCN(C(=O)OC(C)(C)C)C(F)C(F)F)CCC(=O)Nc1cc(Nc2cnnc(-c3cc(Cl)ccc3F)c2)ccn1. The Balaban J connectivity index is 1.65. The maximum absolute atomic E-state index is 14.4. The van der Waals surface area contributed by atoms with Crippen LogP contribution in [0.15, 0.2) is 48.8 Å². The van der Waals surface area contributed by atoms with Gasteiger partial charge in [-0.2, -0.15) is 10.2 Å². The predicted molar refractivity (Wildman–Crippen MR) is 179 cm³/mol. The normalized spacial score (nSPS) is 12.2. The van der Waals surface area contributed by atoms with E-state index in [0.29, 0.717) is 16.4 Å². The smallest absolute Gasteiger partial charge is 0.412 e. The third kappa shape index (κ3) is 12.9. The van der Waals surface area contributed by atoms with Crippen LogP contribution in [-0.2, 0) is 14.3 Å². The van der Waals surface area contributed by atoms with Crippen molar-refractivity contribution in [2.24, 2.45) is 0 Å². The first kappa shape index (κ1) is 39.7. The largest absolute Gasteiger partial charge is 0.444 e. The van der Waals surface area contributed by atoms with Gasteiger partial charge in [-0.25, -0.2) is 32.1 Å². The highest BCUT2D eigenvalue weighted by molar-refractivity contribution is 6.30. The third-order valence-electron chi connectivity index (χ3n) is 6.40. The summed E-state index contributed by atoms with van der Waals surface area (Å²) in [4.78, 5) is 43.9. The van der Waals surface area contributed by atoms with Crippen molar-refractivity contribution < 1.29 is 41.4 Å². The molecule has 0 radical (unpaired) electrons. The molecule has 3 aromatic rings. The monoisotopic (exact) mass is 725 g/mol. The van der Waals surface area contributed by atoms with Crippen LogP contribution in [0.2, 0.25) is 5.02 Å². The fraction of sp³-hybridized carbons (Fsp3) is 0.455. The van der Waals surface area contributed by atoms with Crippen molar-refractivity contribution in [3.05, 3.63) is 59.6 Å². The Bertz CT molecular complexity index is 1640. The lowest BCUT2D eigenvalue weighted by Gasteiger charge is -2.31. The Morgan fingerprint density at radius 1 is 0.900 bits per heavy atom. The summed E-state index contributed by atoms with van der Waals surface area (Å²) in [6.07, 6.45) is -5.97. The van der Waals surface area contributed by atoms with E-state index in [2.05, 4.69) is 25.8 Å². The summed E-state index contributed by atoms with van der Waals surface area (Å²) in [7, 11) is 0. The van der Waals surface area contributed by atoms with Crippen LogP contribution < -0.4 is 10.6 Å². The molecule has 0 aliphatic rings. The van der Waals surface area contributed by atoms with Gasteiger partial charge in [0.25, 0.3) is 6.43 Å². The number of rotatable bonds is 13. The van der Waals surface area contributed by atoms with E-state index in [0.717, 1.165) is 4.90 Å². The second-order valence-electron chi connectivity index (χ2n) is 13.0. The molecule has 3 amide bonds. The van der Waals surface area contributed by atoms with Crippen molar-refractivity contribution in [1.82, 2.24) is 25.0 Å². The van der Waals surface area contributed by atoms with E-state index < -0.39 is 54.4 Å². The van der Waals surface area contributed by atoms with Gasteiger partial charge in [-0.15, -0.1) is 0 Å². The molecule has 50 heavy (non-hydrogen) atoms. The summed E-state index contributed by atoms with van der Waals surface area (Å²) in [5.41, 5.74) is -0.593. The molecule has 1 unspecified atom stereocenters. The lowest BCUT2D eigenvalue weighted by Crippen LogP contribution is -2.46. The molecule has 1 atom stereocenters. The molecule has 2 aromatic heterocycles. The summed E-state index contributed by atoms with van der Waals surface area (Å²) in [6.45, 7) is 8.63. The maximum atomic E-state index is 14.4. The Kier molecular flexibility index (Phi) is 13.7. The second kappa shape index (κ2) is 17.3. The van der Waals surface area contributed by atoms with Gasteiger partial charge >= 0.3 is 12.2 Å². The van der Waals surface area contributed by atoms with Crippen molar-refractivity contribution in [3.63, 3.8) is 0 Å². The van der Waals surface area contributed by atoms with Crippen molar-refractivity contribution in [2.75, 3.05) is 30.3 Å². The number of nitrogens with zero attached hydrogens (tertiary/aromatic N) is 5. The topological polar surface area (TPSA) is 139 Å². The summed E-state index contributed by atoms with van der Waals surface area (Å²) in [5.74, 6) is -0.881. The zero-order chi connectivity index (χ0) is 37.2. The average Bonchev–Trinajstić information content (AvgIpc) is 3.00. The highest BCUT2D eigenvalue weighted by Gasteiger charge is 2.34. The van der Waals surface area contributed by atoms with E-state index in [4.69, 9.17) is 21.1 Å². The minimum absolute atomic E-state index is 0.127. The molecule has 272 valence electrons. The minimum Gasteiger partial charge on any atom is -0.444 e. The van der Waals surface area contributed by atoms with E-state index in [9.17, 15) is 31.9 Å². The van der Waals surface area contributed by atoms with Crippen LogP contribution in [0.4, 0.5) is 44.3 Å². The molecular formula is C33H40ClF4N7O5. The Morgan fingerprint density at radius 3 is 2.24 bits per heavy atom. The van der Waals surface area contributed by atoms with E-state index >= 15 is 0 Å². The maximum Gasteiger partial charge on any atom is 0.412 e. The number of ether oxygens (including phenoxy) is 2. The van der Waals surface area contributed by atoms with E-state index in [1.54, 1.807) is 32.9 Å². The Labute approximate surface area is 292 Å². The number of carbonyl (C=O) groups is 3. The molecule has 2 N–H and O–H groups in total. The molecular weight excluding hydrogens is 686 g/mol. The summed E-state index contributed by atoms with van der Waals surface area (Å²) in [5, 5.41) is 13.9. The zero-order valence-electron chi connectivity index (χ0n) is 28.5. The van der Waals surface area contributed by atoms with Crippen LogP contribution in [0.25, 0.3) is 11.3 Å². The van der Waals surface area contributed by atoms with Gasteiger partial charge in [0.05, 0.1) is 17.6 Å². The summed E-state index contributed by atoms with van der Waals surface area (Å²) < 4.78 is 65.6. The fourth-order valence-electron chi connectivity index (χ4n) is 4.27. The first-order chi connectivity index (χ1) is 23.3. The number of aromatic nitrogens is 3. The van der Waals surface area contributed by atoms with Gasteiger partial charge in [-0.1, -0.05) is 11.6 Å². The third-order valence-corrected chi connectivity index (χ3v) is 6.63. The van der Waals surface area contributed by atoms with Crippen LogP contribution in [-0.4, -0.2) is 86.6 Å². The number of hydrogen-bond acceptors (Lipinski definition) is 9. The molecule has 0 fully saturated rings. The highest BCUT2D eigenvalue weighted by atomic mass is 35.5. The highest BCUT2D eigenvalue weighted by Crippen LogP contribution is 2.27. The van der Waals surface area contributed by atoms with E-state index in [1.807, 2.05) is 0 Å². The molecule has 0 saturated heterocycles. The molecule has 0 saturated carbocycles. The van der Waals surface area contributed by atoms with Gasteiger partial charge < -0.3 is 25.0 Å². The number of nitrogens with one attached hydrogen (secondary N) is 2. The molecule has 2 heterocycles. The van der Waals surface area contributed by atoms with Gasteiger partial charge in [0.1, 0.15) is 22.8 Å². The number of halogens is 5. The lowest BCUT2D eigenvalue weighted by atomic mass is 10.1. The standard InChI is InChI=1S/C33H40ClF4N7O5/c1-32(2,3)49-30(47)44(13-7-14-45(29(38)28(36)37)31(48)50-33(4,5)6)15-11-27(46)42-26-18-21(10-12-39-26)41-22-17-25(43-40-19-22)23-16-20(34)8-9-24(23)35/h8-10,12,16-19,28-29H,7,11,13-15H2,1-6H3,(H2,39,41,42,43,46). The van der Waals surface area contributed by atoms with Gasteiger partial charge in [0, 0.05) is 54.6 Å². The number of alkyl halides is 3. The molecule has 0 spiro atoms. The van der Waals surface area contributed by atoms with Crippen molar-refractivity contribution >= 4 is 46.9 Å². The molecule has 17 heteroatoms. The van der Waals surface area contributed by atoms with Gasteiger partial charge in [0.2, 0.25) is 12.2 Å². The van der Waals surface area contributed by atoms with Crippen molar-refractivity contribution in [1.29, 1.82) is 0 Å². The quantitative estimate of drug-likeness (QED) is 0.133. The number of carbonyl (C=O) groups excluding carboxylic acids is 3. The molecule has 0 bridgehead atoms. The molecule has 12 nitrogen and oxygen atoms in total.